The summed E-state index contributed by atoms with van der Waals surface area (Å²) in [5, 5.41) is 5.41. The molecule has 2 aromatic rings. The summed E-state index contributed by atoms with van der Waals surface area (Å²) in [6, 6.07) is 11.7. The number of nitrogens with one attached hydrogen (secondary N) is 2. The van der Waals surface area contributed by atoms with Gasteiger partial charge in [-0.2, -0.15) is 4.31 Å². The Bertz CT molecular complexity index is 1080. The smallest absolute Gasteiger partial charge is 0.255 e. The van der Waals surface area contributed by atoms with Crippen molar-refractivity contribution in [3.63, 3.8) is 0 Å². The van der Waals surface area contributed by atoms with Crippen LogP contribution >= 0.6 is 0 Å². The molecule has 1 unspecified atom stereocenters. The van der Waals surface area contributed by atoms with Crippen molar-refractivity contribution in [1.82, 2.24) is 9.62 Å². The summed E-state index contributed by atoms with van der Waals surface area (Å²) >= 11 is 0. The third-order valence-corrected chi connectivity index (χ3v) is 7.71. The summed E-state index contributed by atoms with van der Waals surface area (Å²) in [5.74, 6) is -0.577. The number of sulfonamides is 1. The Kier molecular flexibility index (Phi) is 7.12. The zero-order valence-corrected chi connectivity index (χ0v) is 19.0. The van der Waals surface area contributed by atoms with E-state index in [0.29, 0.717) is 28.9 Å². The number of carbonyl (C=O) groups excluding carboxylic acids is 2. The zero-order chi connectivity index (χ0) is 22.6. The van der Waals surface area contributed by atoms with E-state index in [9.17, 15) is 18.0 Å². The Balaban J connectivity index is 1.89. The van der Waals surface area contributed by atoms with E-state index in [2.05, 4.69) is 10.6 Å². The maximum Gasteiger partial charge on any atom is 0.255 e. The fourth-order valence-electron chi connectivity index (χ4n) is 3.82. The van der Waals surface area contributed by atoms with E-state index in [0.717, 1.165) is 19.3 Å². The zero-order valence-electron chi connectivity index (χ0n) is 18.1. The molecule has 1 atom stereocenters. The molecule has 166 valence electrons. The number of aryl methyl sites for hydroxylation is 1. The van der Waals surface area contributed by atoms with Gasteiger partial charge >= 0.3 is 0 Å². The number of hydrogen-bond acceptors (Lipinski definition) is 4. The molecule has 7 nitrogen and oxygen atoms in total. The van der Waals surface area contributed by atoms with Crippen molar-refractivity contribution >= 4 is 27.5 Å². The van der Waals surface area contributed by atoms with Gasteiger partial charge in [-0.3, -0.25) is 9.59 Å². The van der Waals surface area contributed by atoms with E-state index in [4.69, 9.17) is 0 Å². The van der Waals surface area contributed by atoms with Crippen molar-refractivity contribution in [1.29, 1.82) is 0 Å². The highest BCUT2D eigenvalue weighted by molar-refractivity contribution is 7.89. The lowest BCUT2D eigenvalue weighted by atomic mass is 10.1. The Labute approximate surface area is 183 Å². The molecule has 1 fully saturated rings. The number of carbonyl (C=O) groups is 2. The molecule has 0 aromatic heterocycles. The Morgan fingerprint density at radius 3 is 2.58 bits per heavy atom. The first-order chi connectivity index (χ1) is 14.7. The summed E-state index contributed by atoms with van der Waals surface area (Å²) in [7, 11) is -2.13. The third-order valence-electron chi connectivity index (χ3n) is 5.70. The Morgan fingerprint density at radius 1 is 1.13 bits per heavy atom. The molecule has 1 saturated heterocycles. The van der Waals surface area contributed by atoms with Gasteiger partial charge < -0.3 is 10.6 Å². The number of nitrogens with zero attached hydrogens (tertiary/aromatic N) is 1. The molecular weight excluding hydrogens is 414 g/mol. The number of amides is 2. The number of anilines is 1. The van der Waals surface area contributed by atoms with Crippen LogP contribution in [0, 0.1) is 6.92 Å². The summed E-state index contributed by atoms with van der Waals surface area (Å²) in [5.41, 5.74) is 2.17. The number of benzene rings is 2. The fraction of sp³-hybridized carbons (Fsp3) is 0.391. The second-order valence-corrected chi connectivity index (χ2v) is 9.79. The molecule has 0 radical (unpaired) electrons. The predicted molar refractivity (Wildman–Crippen MR) is 121 cm³/mol. The maximum absolute atomic E-state index is 13.2. The van der Waals surface area contributed by atoms with Crippen molar-refractivity contribution in [2.24, 2.45) is 0 Å². The standard InChI is InChI=1S/C23H29N3O4S/c1-16-11-12-19(31(29,30)26-13-7-6-8-17(26)2)15-20(16)23(28)25-21-10-5-4-9-18(21)14-22(27)24-3/h4-5,9-12,15,17H,6-8,13-14H2,1-3H3,(H,24,27)(H,25,28). The number of piperidine rings is 1. The SMILES string of the molecule is CNC(=O)Cc1ccccc1NC(=O)c1cc(S(=O)(=O)N2CCCCC2C)ccc1C. The monoisotopic (exact) mass is 443 g/mol. The van der Waals surface area contributed by atoms with Crippen molar-refractivity contribution < 1.29 is 18.0 Å². The molecule has 1 aliphatic heterocycles. The summed E-state index contributed by atoms with van der Waals surface area (Å²) in [4.78, 5) is 24.9. The van der Waals surface area contributed by atoms with Crippen LogP contribution in [-0.4, -0.2) is 44.2 Å². The van der Waals surface area contributed by atoms with Crippen molar-refractivity contribution in [2.45, 2.75) is 50.5 Å². The average Bonchev–Trinajstić information content (AvgIpc) is 2.75. The van der Waals surface area contributed by atoms with Crippen LogP contribution in [0.1, 0.15) is 47.7 Å². The highest BCUT2D eigenvalue weighted by Gasteiger charge is 2.31. The molecule has 8 heteroatoms. The van der Waals surface area contributed by atoms with E-state index in [1.165, 1.54) is 10.4 Å². The molecule has 3 rings (SSSR count). The molecule has 1 aliphatic rings. The predicted octanol–water partition coefficient (Wildman–Crippen LogP) is 3.10. The maximum atomic E-state index is 13.2. The van der Waals surface area contributed by atoms with E-state index in [1.807, 2.05) is 6.92 Å². The van der Waals surface area contributed by atoms with Crippen molar-refractivity contribution in [2.75, 3.05) is 18.9 Å². The van der Waals surface area contributed by atoms with Crippen LogP contribution in [0.15, 0.2) is 47.4 Å². The van der Waals surface area contributed by atoms with Gasteiger partial charge in [0.1, 0.15) is 0 Å². The Hall–Kier alpha value is -2.71. The quantitative estimate of drug-likeness (QED) is 0.717. The summed E-state index contributed by atoms with van der Waals surface area (Å²) in [6.07, 6.45) is 2.82. The van der Waals surface area contributed by atoms with Crippen LogP contribution in [0.4, 0.5) is 5.69 Å². The Morgan fingerprint density at radius 2 is 1.87 bits per heavy atom. The molecule has 2 aromatic carbocycles. The van der Waals surface area contributed by atoms with Gasteiger partial charge in [-0.25, -0.2) is 8.42 Å². The molecule has 2 N–H and O–H groups in total. The highest BCUT2D eigenvalue weighted by atomic mass is 32.2. The average molecular weight is 444 g/mol. The number of hydrogen-bond donors (Lipinski definition) is 2. The van der Waals surface area contributed by atoms with Crippen LogP contribution in [0.2, 0.25) is 0 Å². The molecule has 31 heavy (non-hydrogen) atoms. The number of para-hydroxylation sites is 1. The second kappa shape index (κ2) is 9.62. The molecule has 0 saturated carbocycles. The lowest BCUT2D eigenvalue weighted by molar-refractivity contribution is -0.119. The minimum atomic E-state index is -3.68. The van der Waals surface area contributed by atoms with Gasteiger partial charge in [0.25, 0.3) is 5.91 Å². The topological polar surface area (TPSA) is 95.6 Å². The van der Waals surface area contributed by atoms with E-state index in [-0.39, 0.29) is 23.3 Å². The molecule has 1 heterocycles. The third kappa shape index (κ3) is 5.14. The second-order valence-electron chi connectivity index (χ2n) is 7.90. The molecule has 2 amide bonds. The van der Waals surface area contributed by atoms with Crippen molar-refractivity contribution in [3.8, 4) is 0 Å². The van der Waals surface area contributed by atoms with Crippen LogP contribution in [0.3, 0.4) is 0 Å². The highest BCUT2D eigenvalue weighted by Crippen LogP contribution is 2.27. The molecule has 0 aliphatic carbocycles. The van der Waals surface area contributed by atoms with Crippen molar-refractivity contribution in [3.05, 3.63) is 59.2 Å². The molecule has 0 bridgehead atoms. The van der Waals surface area contributed by atoms with Gasteiger partial charge in [-0.05, 0) is 56.0 Å². The minimum absolute atomic E-state index is 0.0612. The fourth-order valence-corrected chi connectivity index (χ4v) is 5.54. The number of likely N-dealkylation sites (N-methyl/N-ethyl adjacent to an activating group) is 1. The largest absolute Gasteiger partial charge is 0.359 e. The lowest BCUT2D eigenvalue weighted by Crippen LogP contribution is -2.42. The molecule has 0 spiro atoms. The van der Waals surface area contributed by atoms with Gasteiger partial charge in [0.2, 0.25) is 15.9 Å². The van der Waals surface area contributed by atoms with Gasteiger partial charge in [0.15, 0.2) is 0 Å². The first-order valence-corrected chi connectivity index (χ1v) is 11.9. The first kappa shape index (κ1) is 23.0. The van der Waals surface area contributed by atoms with E-state index >= 15 is 0 Å². The van der Waals surface area contributed by atoms with Crippen LogP contribution in [0.25, 0.3) is 0 Å². The molecular formula is C23H29N3O4S. The van der Waals surface area contributed by atoms with Gasteiger partial charge in [-0.1, -0.05) is 30.7 Å². The number of rotatable bonds is 6. The summed E-state index contributed by atoms with van der Waals surface area (Å²) in [6.45, 7) is 4.18. The normalized spacial score (nSPS) is 17.2. The minimum Gasteiger partial charge on any atom is -0.359 e. The van der Waals surface area contributed by atoms with Gasteiger partial charge in [0.05, 0.1) is 11.3 Å². The van der Waals surface area contributed by atoms with Crippen LogP contribution < -0.4 is 10.6 Å². The lowest BCUT2D eigenvalue weighted by Gasteiger charge is -2.32. The first-order valence-electron chi connectivity index (χ1n) is 10.5. The summed E-state index contributed by atoms with van der Waals surface area (Å²) < 4.78 is 27.9. The van der Waals surface area contributed by atoms with Gasteiger partial charge in [-0.15, -0.1) is 0 Å². The van der Waals surface area contributed by atoms with E-state index < -0.39 is 15.9 Å². The van der Waals surface area contributed by atoms with Crippen LogP contribution in [-0.2, 0) is 21.2 Å². The van der Waals surface area contributed by atoms with Crippen LogP contribution in [0.5, 0.6) is 0 Å². The van der Waals surface area contributed by atoms with Gasteiger partial charge in [0, 0.05) is 30.9 Å². The van der Waals surface area contributed by atoms with E-state index in [1.54, 1.807) is 50.4 Å².